The molecule has 0 saturated carbocycles. The molecule has 14 heavy (non-hydrogen) atoms. The number of aliphatic hydroxyl groups excluding tert-OH is 1. The van der Waals surface area contributed by atoms with E-state index >= 15 is 0 Å². The highest BCUT2D eigenvalue weighted by molar-refractivity contribution is 5.71. The average Bonchev–Trinajstić information content (AvgIpc) is 2.03. The van der Waals surface area contributed by atoms with Crippen LogP contribution in [0.2, 0.25) is 0 Å². The third-order valence-electron chi connectivity index (χ3n) is 1.92. The largest absolute Gasteiger partial charge is 0.481 e. The molecule has 0 saturated heterocycles. The highest BCUT2D eigenvalue weighted by atomic mass is 16.4. The van der Waals surface area contributed by atoms with Gasteiger partial charge in [0.15, 0.2) is 0 Å². The summed E-state index contributed by atoms with van der Waals surface area (Å²) in [5, 5.41) is 25.9. The minimum atomic E-state index is -1.07. The fourth-order valence-corrected chi connectivity index (χ4v) is 1.21. The first kappa shape index (κ1) is 12.6. The number of hydrogen-bond acceptors (Lipinski definition) is 3. The molecule has 0 aromatic rings. The second-order valence-corrected chi connectivity index (χ2v) is 2.91. The Labute approximate surface area is 81.7 Å². The van der Waals surface area contributed by atoms with Crippen LogP contribution in [0.1, 0.15) is 19.8 Å². The lowest BCUT2D eigenvalue weighted by Crippen LogP contribution is -2.16. The summed E-state index contributed by atoms with van der Waals surface area (Å²) in [4.78, 5) is 20.9. The van der Waals surface area contributed by atoms with Crippen molar-refractivity contribution in [1.82, 2.24) is 0 Å². The second-order valence-electron chi connectivity index (χ2n) is 2.91. The van der Waals surface area contributed by atoms with Crippen molar-refractivity contribution in [2.45, 2.75) is 19.8 Å². The Kier molecular flexibility index (Phi) is 5.55. The number of carboxylic acids is 2. The summed E-state index contributed by atoms with van der Waals surface area (Å²) < 4.78 is 0. The molecule has 0 unspecified atom stereocenters. The fourth-order valence-electron chi connectivity index (χ4n) is 1.21. The van der Waals surface area contributed by atoms with Crippen LogP contribution in [0.4, 0.5) is 0 Å². The van der Waals surface area contributed by atoms with Crippen molar-refractivity contribution in [3.63, 3.8) is 0 Å². The van der Waals surface area contributed by atoms with E-state index in [-0.39, 0.29) is 19.4 Å². The first-order valence-corrected chi connectivity index (χ1v) is 4.20. The van der Waals surface area contributed by atoms with Crippen LogP contribution >= 0.6 is 0 Å². The molecule has 0 amide bonds. The quantitative estimate of drug-likeness (QED) is 0.545. The van der Waals surface area contributed by atoms with Crippen LogP contribution in [0.5, 0.6) is 0 Å². The van der Waals surface area contributed by atoms with Gasteiger partial charge in [0.2, 0.25) is 0 Å². The maximum Gasteiger partial charge on any atom is 0.303 e. The van der Waals surface area contributed by atoms with E-state index in [1.54, 1.807) is 13.0 Å². The molecular formula is C9H14O5. The lowest BCUT2D eigenvalue weighted by atomic mass is 9.92. The topological polar surface area (TPSA) is 94.8 Å². The number of carboxylic acid groups (broad SMARTS) is 2. The maximum atomic E-state index is 10.4. The minimum Gasteiger partial charge on any atom is -0.481 e. The summed E-state index contributed by atoms with van der Waals surface area (Å²) in [6, 6.07) is 0. The number of aliphatic carboxylic acids is 2. The Hall–Kier alpha value is -1.36. The van der Waals surface area contributed by atoms with Crippen LogP contribution < -0.4 is 0 Å². The van der Waals surface area contributed by atoms with Crippen molar-refractivity contribution < 1.29 is 24.9 Å². The van der Waals surface area contributed by atoms with Gasteiger partial charge in [-0.05, 0) is 12.5 Å². The number of carbonyl (C=O) groups is 2. The fraction of sp³-hybridized carbons (Fsp3) is 0.556. The van der Waals surface area contributed by atoms with Crippen LogP contribution in [-0.4, -0.2) is 33.9 Å². The van der Waals surface area contributed by atoms with Crippen molar-refractivity contribution in [3.8, 4) is 0 Å². The number of hydrogen-bond donors (Lipinski definition) is 3. The smallest absolute Gasteiger partial charge is 0.303 e. The van der Waals surface area contributed by atoms with Crippen LogP contribution in [0.3, 0.4) is 0 Å². The summed E-state index contributed by atoms with van der Waals surface area (Å²) >= 11 is 0. The molecule has 0 rings (SSSR count). The molecule has 0 fully saturated rings. The Morgan fingerprint density at radius 3 is 1.86 bits per heavy atom. The molecule has 0 radical (unpaired) electrons. The number of rotatable bonds is 6. The molecule has 0 heterocycles. The average molecular weight is 202 g/mol. The van der Waals surface area contributed by atoms with Crippen molar-refractivity contribution in [1.29, 1.82) is 0 Å². The van der Waals surface area contributed by atoms with Crippen LogP contribution in [-0.2, 0) is 9.59 Å². The highest BCUT2D eigenvalue weighted by Gasteiger charge is 2.19. The summed E-state index contributed by atoms with van der Waals surface area (Å²) in [6.45, 7) is 1.34. The molecule has 0 atom stereocenters. The molecule has 0 bridgehead atoms. The van der Waals surface area contributed by atoms with E-state index in [0.29, 0.717) is 5.57 Å². The second kappa shape index (κ2) is 6.15. The van der Waals surface area contributed by atoms with E-state index in [4.69, 9.17) is 15.3 Å². The molecule has 0 aliphatic heterocycles. The molecule has 5 heteroatoms. The zero-order chi connectivity index (χ0) is 11.1. The third kappa shape index (κ3) is 4.61. The highest BCUT2D eigenvalue weighted by Crippen LogP contribution is 2.19. The van der Waals surface area contributed by atoms with Crippen LogP contribution in [0.25, 0.3) is 0 Å². The van der Waals surface area contributed by atoms with Gasteiger partial charge in [-0.15, -0.1) is 0 Å². The van der Waals surface area contributed by atoms with Gasteiger partial charge in [0.1, 0.15) is 0 Å². The zero-order valence-electron chi connectivity index (χ0n) is 7.93. The molecule has 3 N–H and O–H groups in total. The van der Waals surface area contributed by atoms with Gasteiger partial charge in [-0.1, -0.05) is 6.08 Å². The molecule has 0 aliphatic rings. The van der Waals surface area contributed by atoms with Gasteiger partial charge in [-0.3, -0.25) is 9.59 Å². The third-order valence-corrected chi connectivity index (χ3v) is 1.92. The predicted molar refractivity (Wildman–Crippen MR) is 48.8 cm³/mol. The van der Waals surface area contributed by atoms with Gasteiger partial charge in [0, 0.05) is 5.92 Å². The summed E-state index contributed by atoms with van der Waals surface area (Å²) in [5.74, 6) is -2.76. The Morgan fingerprint density at radius 2 is 1.64 bits per heavy atom. The standard InChI is InChI=1S/C9H14O5/c1-2-6(5-10)7(3-8(11)12)4-9(13)14/h2,7,10H,3-5H2,1H3,(H,11,12)(H,13,14)/b6-2-. The van der Waals surface area contributed by atoms with Gasteiger partial charge in [0.25, 0.3) is 0 Å². The van der Waals surface area contributed by atoms with E-state index in [0.717, 1.165) is 0 Å². The predicted octanol–water partition coefficient (Wildman–Crippen LogP) is 0.491. The van der Waals surface area contributed by atoms with Crippen LogP contribution in [0, 0.1) is 5.92 Å². The summed E-state index contributed by atoms with van der Waals surface area (Å²) in [6.07, 6.45) is 1.01. The van der Waals surface area contributed by atoms with Crippen molar-refractivity contribution >= 4 is 11.9 Å². The Balaban J connectivity index is 4.52. The molecule has 0 aliphatic carbocycles. The SMILES string of the molecule is C/C=C(/CO)C(CC(=O)O)CC(=O)O. The Morgan fingerprint density at radius 1 is 1.21 bits per heavy atom. The molecule has 80 valence electrons. The van der Waals surface area contributed by atoms with E-state index in [9.17, 15) is 9.59 Å². The zero-order valence-corrected chi connectivity index (χ0v) is 7.93. The van der Waals surface area contributed by atoms with Crippen LogP contribution in [0.15, 0.2) is 11.6 Å². The van der Waals surface area contributed by atoms with E-state index in [1.165, 1.54) is 0 Å². The van der Waals surface area contributed by atoms with Crippen molar-refractivity contribution in [3.05, 3.63) is 11.6 Å². The molecule has 0 aromatic heterocycles. The number of allylic oxidation sites excluding steroid dienone is 1. The van der Waals surface area contributed by atoms with Gasteiger partial charge < -0.3 is 15.3 Å². The molecular weight excluding hydrogens is 188 g/mol. The molecule has 5 nitrogen and oxygen atoms in total. The van der Waals surface area contributed by atoms with Gasteiger partial charge in [-0.2, -0.15) is 0 Å². The van der Waals surface area contributed by atoms with Crippen molar-refractivity contribution in [2.75, 3.05) is 6.61 Å². The van der Waals surface area contributed by atoms with E-state index in [2.05, 4.69) is 0 Å². The van der Waals surface area contributed by atoms with E-state index < -0.39 is 17.9 Å². The van der Waals surface area contributed by atoms with Gasteiger partial charge >= 0.3 is 11.9 Å². The monoisotopic (exact) mass is 202 g/mol. The minimum absolute atomic E-state index is 0.271. The first-order valence-electron chi connectivity index (χ1n) is 4.20. The van der Waals surface area contributed by atoms with Gasteiger partial charge in [0.05, 0.1) is 19.4 Å². The maximum absolute atomic E-state index is 10.4. The van der Waals surface area contributed by atoms with Gasteiger partial charge in [-0.25, -0.2) is 0 Å². The molecule has 0 aromatic carbocycles. The number of aliphatic hydroxyl groups is 1. The normalized spacial score (nSPS) is 11.8. The lowest BCUT2D eigenvalue weighted by molar-refractivity contribution is -0.140. The lowest BCUT2D eigenvalue weighted by Gasteiger charge is -2.14. The summed E-state index contributed by atoms with van der Waals surface area (Å²) in [7, 11) is 0. The first-order chi connectivity index (χ1) is 6.51. The Bertz CT molecular complexity index is 228. The summed E-state index contributed by atoms with van der Waals surface area (Å²) in [5.41, 5.74) is 0.454. The van der Waals surface area contributed by atoms with Crippen molar-refractivity contribution in [2.24, 2.45) is 5.92 Å². The molecule has 0 spiro atoms. The van der Waals surface area contributed by atoms with E-state index in [1.807, 2.05) is 0 Å².